The highest BCUT2D eigenvalue weighted by Crippen LogP contribution is 2.07. The van der Waals surface area contributed by atoms with E-state index >= 15 is 0 Å². The average molecular weight is 277 g/mol. The summed E-state index contributed by atoms with van der Waals surface area (Å²) in [7, 11) is 0. The first-order valence-electron chi connectivity index (χ1n) is 7.68. The van der Waals surface area contributed by atoms with E-state index in [0.717, 1.165) is 32.4 Å². The van der Waals surface area contributed by atoms with Gasteiger partial charge >= 0.3 is 6.03 Å². The molecule has 112 valence electrons. The lowest BCUT2D eigenvalue weighted by atomic mass is 10.1. The molecule has 20 heavy (non-hydrogen) atoms. The van der Waals surface area contributed by atoms with Gasteiger partial charge in [0, 0.05) is 25.0 Å². The van der Waals surface area contributed by atoms with Gasteiger partial charge in [0.25, 0.3) is 0 Å². The van der Waals surface area contributed by atoms with Crippen molar-refractivity contribution < 1.29 is 4.79 Å². The van der Waals surface area contributed by atoms with Crippen molar-refractivity contribution in [2.75, 3.05) is 13.1 Å². The Balaban J connectivity index is 0.000000204. The van der Waals surface area contributed by atoms with Crippen LogP contribution in [0, 0.1) is 0 Å². The Morgan fingerprint density at radius 2 is 2.00 bits per heavy atom. The Morgan fingerprint density at radius 1 is 1.25 bits per heavy atom. The topological polar surface area (TPSA) is 59.2 Å². The second-order valence-corrected chi connectivity index (χ2v) is 5.16. The molecule has 0 saturated carbocycles. The summed E-state index contributed by atoms with van der Waals surface area (Å²) in [6, 6.07) is 5.84. The van der Waals surface area contributed by atoms with E-state index in [1.165, 1.54) is 31.4 Å². The number of nitrogens with two attached hydrogens (primary N) is 1. The van der Waals surface area contributed by atoms with Gasteiger partial charge in [0.15, 0.2) is 0 Å². The number of aryl methyl sites for hydroxylation is 1. The molecule has 1 aliphatic heterocycles. The fourth-order valence-corrected chi connectivity index (χ4v) is 2.22. The maximum absolute atomic E-state index is 10.5. The van der Waals surface area contributed by atoms with Gasteiger partial charge < -0.3 is 10.6 Å². The summed E-state index contributed by atoms with van der Waals surface area (Å²) in [5.41, 5.74) is 6.28. The summed E-state index contributed by atoms with van der Waals surface area (Å²) in [6.07, 6.45) is 10.3. The summed E-state index contributed by atoms with van der Waals surface area (Å²) in [5.74, 6) is 0. The van der Waals surface area contributed by atoms with Crippen molar-refractivity contribution in [1.29, 1.82) is 0 Å². The number of rotatable bonds is 4. The SMILES string of the molecule is CCCCCc1ccccn1.NC(=O)N1CCCCC1. The summed E-state index contributed by atoms with van der Waals surface area (Å²) >= 11 is 0. The number of hydrogen-bond donors (Lipinski definition) is 1. The van der Waals surface area contributed by atoms with E-state index in [1.807, 2.05) is 18.3 Å². The third-order valence-corrected chi connectivity index (χ3v) is 3.43. The second kappa shape index (κ2) is 10.2. The van der Waals surface area contributed by atoms with Crippen LogP contribution in [-0.4, -0.2) is 29.0 Å². The molecule has 1 saturated heterocycles. The van der Waals surface area contributed by atoms with Crippen LogP contribution in [0.1, 0.15) is 51.1 Å². The molecule has 0 aromatic carbocycles. The zero-order valence-corrected chi connectivity index (χ0v) is 12.6. The number of piperidine rings is 1. The highest BCUT2D eigenvalue weighted by atomic mass is 16.2. The summed E-state index contributed by atoms with van der Waals surface area (Å²) < 4.78 is 0. The van der Waals surface area contributed by atoms with E-state index in [0.29, 0.717) is 0 Å². The average Bonchev–Trinajstić information content (AvgIpc) is 2.50. The first-order valence-corrected chi connectivity index (χ1v) is 7.68. The number of unbranched alkanes of at least 4 members (excludes halogenated alkanes) is 2. The number of pyridine rings is 1. The van der Waals surface area contributed by atoms with Crippen LogP contribution in [0.4, 0.5) is 4.79 Å². The van der Waals surface area contributed by atoms with Gasteiger partial charge in [-0.3, -0.25) is 4.98 Å². The lowest BCUT2D eigenvalue weighted by Crippen LogP contribution is -2.39. The van der Waals surface area contributed by atoms with Crippen LogP contribution >= 0.6 is 0 Å². The highest BCUT2D eigenvalue weighted by molar-refractivity contribution is 5.71. The molecule has 1 aromatic rings. The van der Waals surface area contributed by atoms with Gasteiger partial charge in [-0.25, -0.2) is 4.79 Å². The lowest BCUT2D eigenvalue weighted by Gasteiger charge is -2.24. The van der Waals surface area contributed by atoms with E-state index in [-0.39, 0.29) is 6.03 Å². The predicted octanol–water partition coefficient (Wildman–Crippen LogP) is 3.37. The molecule has 2 heterocycles. The van der Waals surface area contributed by atoms with Crippen LogP contribution in [0.5, 0.6) is 0 Å². The molecule has 4 nitrogen and oxygen atoms in total. The van der Waals surface area contributed by atoms with E-state index < -0.39 is 0 Å². The van der Waals surface area contributed by atoms with E-state index in [2.05, 4.69) is 18.0 Å². The van der Waals surface area contributed by atoms with Crippen LogP contribution in [0.25, 0.3) is 0 Å². The molecule has 0 radical (unpaired) electrons. The van der Waals surface area contributed by atoms with E-state index in [1.54, 1.807) is 4.90 Å². The smallest absolute Gasteiger partial charge is 0.314 e. The molecule has 2 rings (SSSR count). The number of urea groups is 1. The summed E-state index contributed by atoms with van der Waals surface area (Å²) in [4.78, 5) is 16.5. The van der Waals surface area contributed by atoms with Crippen LogP contribution in [0.15, 0.2) is 24.4 Å². The maximum Gasteiger partial charge on any atom is 0.314 e. The normalized spacial score (nSPS) is 14.3. The Bertz CT molecular complexity index is 361. The Hall–Kier alpha value is -1.58. The lowest BCUT2D eigenvalue weighted by molar-refractivity contribution is 0.196. The van der Waals surface area contributed by atoms with Gasteiger partial charge in [0.1, 0.15) is 0 Å². The monoisotopic (exact) mass is 277 g/mol. The van der Waals surface area contributed by atoms with Gasteiger partial charge in [0.05, 0.1) is 0 Å². The number of aromatic nitrogens is 1. The van der Waals surface area contributed by atoms with E-state index in [4.69, 9.17) is 5.73 Å². The fourth-order valence-electron chi connectivity index (χ4n) is 2.22. The van der Waals surface area contributed by atoms with Gasteiger partial charge in [-0.2, -0.15) is 0 Å². The molecular weight excluding hydrogens is 250 g/mol. The minimum Gasteiger partial charge on any atom is -0.351 e. The molecule has 0 spiro atoms. The molecule has 1 aliphatic rings. The van der Waals surface area contributed by atoms with Crippen molar-refractivity contribution in [2.45, 2.75) is 51.9 Å². The van der Waals surface area contributed by atoms with Gasteiger partial charge in [-0.05, 0) is 44.2 Å². The summed E-state index contributed by atoms with van der Waals surface area (Å²) in [5, 5.41) is 0. The zero-order chi connectivity index (χ0) is 14.6. The minimum absolute atomic E-state index is 0.269. The quantitative estimate of drug-likeness (QED) is 0.858. The van der Waals surface area contributed by atoms with Crippen LogP contribution in [0.3, 0.4) is 0 Å². The van der Waals surface area contributed by atoms with Crippen LogP contribution in [-0.2, 0) is 6.42 Å². The number of carbonyl (C=O) groups is 1. The van der Waals surface area contributed by atoms with Gasteiger partial charge in [-0.15, -0.1) is 0 Å². The second-order valence-electron chi connectivity index (χ2n) is 5.16. The number of amides is 2. The maximum atomic E-state index is 10.5. The number of nitrogens with zero attached hydrogens (tertiary/aromatic N) is 2. The number of hydrogen-bond acceptors (Lipinski definition) is 2. The van der Waals surface area contributed by atoms with Crippen molar-refractivity contribution in [3.05, 3.63) is 30.1 Å². The molecule has 1 aromatic heterocycles. The molecule has 1 fully saturated rings. The third-order valence-electron chi connectivity index (χ3n) is 3.43. The largest absolute Gasteiger partial charge is 0.351 e. The molecule has 0 bridgehead atoms. The number of carbonyl (C=O) groups excluding carboxylic acids is 1. The number of primary amides is 1. The van der Waals surface area contributed by atoms with Gasteiger partial charge in [-0.1, -0.05) is 25.8 Å². The van der Waals surface area contributed by atoms with Crippen molar-refractivity contribution in [3.8, 4) is 0 Å². The highest BCUT2D eigenvalue weighted by Gasteiger charge is 2.11. The summed E-state index contributed by atoms with van der Waals surface area (Å²) in [6.45, 7) is 3.93. The first kappa shape index (κ1) is 16.5. The predicted molar refractivity (Wildman–Crippen MR) is 82.5 cm³/mol. The molecular formula is C16H27N3O. The standard InChI is InChI=1S/C10H15N.C6H12N2O/c1-2-3-4-7-10-8-5-6-9-11-10;7-6(9)8-4-2-1-3-5-8/h5-6,8-9H,2-4,7H2,1H3;1-5H2,(H2,7,9). The van der Waals surface area contributed by atoms with Crippen LogP contribution in [0.2, 0.25) is 0 Å². The molecule has 4 heteroatoms. The van der Waals surface area contributed by atoms with Crippen LogP contribution < -0.4 is 5.73 Å². The molecule has 0 unspecified atom stereocenters. The Labute approximate surface area is 122 Å². The van der Waals surface area contributed by atoms with Crippen molar-refractivity contribution in [1.82, 2.24) is 9.88 Å². The molecule has 2 amide bonds. The van der Waals surface area contributed by atoms with Crippen molar-refractivity contribution in [2.24, 2.45) is 5.73 Å². The third kappa shape index (κ3) is 7.12. The molecule has 0 aliphatic carbocycles. The minimum atomic E-state index is -0.269. The molecule has 2 N–H and O–H groups in total. The van der Waals surface area contributed by atoms with Crippen molar-refractivity contribution >= 4 is 6.03 Å². The van der Waals surface area contributed by atoms with Gasteiger partial charge in [0.2, 0.25) is 0 Å². The number of likely N-dealkylation sites (tertiary alicyclic amines) is 1. The molecule has 0 atom stereocenters. The Morgan fingerprint density at radius 3 is 2.50 bits per heavy atom. The van der Waals surface area contributed by atoms with Crippen molar-refractivity contribution in [3.63, 3.8) is 0 Å². The zero-order valence-electron chi connectivity index (χ0n) is 12.6. The van der Waals surface area contributed by atoms with E-state index in [9.17, 15) is 4.79 Å². The first-order chi connectivity index (χ1) is 9.74. The fraction of sp³-hybridized carbons (Fsp3) is 0.625. The Kier molecular flexibility index (Phi) is 8.43.